The van der Waals surface area contributed by atoms with Crippen molar-refractivity contribution in [2.75, 3.05) is 12.3 Å². The van der Waals surface area contributed by atoms with Gasteiger partial charge in [0.05, 0.1) is 4.90 Å². The van der Waals surface area contributed by atoms with Crippen molar-refractivity contribution in [3.05, 3.63) is 24.3 Å². The highest BCUT2D eigenvalue weighted by atomic mass is 32.2. The van der Waals surface area contributed by atoms with Crippen LogP contribution in [-0.2, 0) is 9.92 Å². The van der Waals surface area contributed by atoms with Gasteiger partial charge in [0.15, 0.2) is 0 Å². The topological polar surface area (TPSA) is 67.5 Å². The van der Waals surface area contributed by atoms with Crippen LogP contribution in [0.25, 0.3) is 0 Å². The fraction of sp³-hybridized carbons (Fsp3) is 0.538. The minimum Gasteiger partial charge on any atom is -0.399 e. The second-order valence-electron chi connectivity index (χ2n) is 4.37. The SMILES string of the molecule is CCCN=S(=O)(NC(C)CC)c1ccc(N)cc1. The van der Waals surface area contributed by atoms with E-state index in [4.69, 9.17) is 5.73 Å². The van der Waals surface area contributed by atoms with Gasteiger partial charge in [0.2, 0.25) is 0 Å². The van der Waals surface area contributed by atoms with Crippen LogP contribution in [0.1, 0.15) is 33.6 Å². The molecule has 3 N–H and O–H groups in total. The van der Waals surface area contributed by atoms with Gasteiger partial charge in [0, 0.05) is 18.3 Å². The Bertz CT molecular complexity index is 476. The molecule has 102 valence electrons. The standard InChI is InChI=1S/C13H23N3OS/c1-4-10-15-18(17,16-11(3)5-2)13-8-6-12(14)7-9-13/h6-9,11H,4-5,10,14H2,1-3H3,(H,15,16,17). The molecule has 0 bridgehead atoms. The summed E-state index contributed by atoms with van der Waals surface area (Å²) in [6.07, 6.45) is 1.79. The molecule has 5 heteroatoms. The van der Waals surface area contributed by atoms with Crippen LogP contribution < -0.4 is 10.5 Å². The Kier molecular flexibility index (Phi) is 5.62. The summed E-state index contributed by atoms with van der Waals surface area (Å²) in [6, 6.07) is 7.25. The molecule has 0 saturated carbocycles. The highest BCUT2D eigenvalue weighted by Gasteiger charge is 2.14. The Balaban J connectivity index is 3.12. The molecule has 0 aliphatic carbocycles. The molecule has 0 aromatic heterocycles. The van der Waals surface area contributed by atoms with Crippen LogP contribution in [0.15, 0.2) is 33.5 Å². The first-order chi connectivity index (χ1) is 8.51. The Morgan fingerprint density at radius 2 is 1.94 bits per heavy atom. The smallest absolute Gasteiger partial charge is 0.137 e. The third kappa shape index (κ3) is 3.99. The number of nitrogen functional groups attached to an aromatic ring is 1. The van der Waals surface area contributed by atoms with Gasteiger partial charge in [-0.1, -0.05) is 13.8 Å². The number of hydrogen-bond donors (Lipinski definition) is 2. The fourth-order valence-electron chi connectivity index (χ4n) is 1.41. The van der Waals surface area contributed by atoms with Crippen LogP contribution in [0.3, 0.4) is 0 Å². The third-order valence-electron chi connectivity index (χ3n) is 2.67. The number of nitrogens with zero attached hydrogens (tertiary/aromatic N) is 1. The van der Waals surface area contributed by atoms with Crippen LogP contribution in [0.2, 0.25) is 0 Å². The first-order valence-corrected chi connectivity index (χ1v) is 7.89. The van der Waals surface area contributed by atoms with Crippen molar-refractivity contribution in [3.8, 4) is 0 Å². The summed E-state index contributed by atoms with van der Waals surface area (Å²) in [6.45, 7) is 6.68. The molecule has 2 atom stereocenters. The lowest BCUT2D eigenvalue weighted by atomic mass is 10.3. The van der Waals surface area contributed by atoms with Crippen molar-refractivity contribution in [1.29, 1.82) is 0 Å². The van der Waals surface area contributed by atoms with E-state index in [2.05, 4.69) is 16.0 Å². The Morgan fingerprint density at radius 1 is 1.33 bits per heavy atom. The maximum Gasteiger partial charge on any atom is 0.137 e. The molecule has 2 unspecified atom stereocenters. The zero-order valence-electron chi connectivity index (χ0n) is 11.3. The molecule has 0 spiro atoms. The van der Waals surface area contributed by atoms with E-state index in [0.717, 1.165) is 12.8 Å². The monoisotopic (exact) mass is 269 g/mol. The number of rotatable bonds is 6. The highest BCUT2D eigenvalue weighted by molar-refractivity contribution is 7.91. The van der Waals surface area contributed by atoms with Gasteiger partial charge >= 0.3 is 0 Å². The summed E-state index contributed by atoms with van der Waals surface area (Å²) < 4.78 is 20.4. The van der Waals surface area contributed by atoms with Crippen molar-refractivity contribution < 1.29 is 4.21 Å². The van der Waals surface area contributed by atoms with Crippen LogP contribution in [0.4, 0.5) is 5.69 Å². The van der Waals surface area contributed by atoms with Gasteiger partial charge < -0.3 is 5.73 Å². The molecule has 1 aromatic carbocycles. The van der Waals surface area contributed by atoms with E-state index in [9.17, 15) is 4.21 Å². The minimum absolute atomic E-state index is 0.163. The van der Waals surface area contributed by atoms with E-state index in [1.165, 1.54) is 0 Å². The Morgan fingerprint density at radius 3 is 2.44 bits per heavy atom. The molecule has 0 aliphatic rings. The molecule has 0 heterocycles. The maximum atomic E-state index is 12.9. The highest BCUT2D eigenvalue weighted by Crippen LogP contribution is 2.15. The number of benzene rings is 1. The van der Waals surface area contributed by atoms with Gasteiger partial charge in [-0.25, -0.2) is 13.3 Å². The van der Waals surface area contributed by atoms with Gasteiger partial charge in [-0.05, 0) is 44.0 Å². The summed E-state index contributed by atoms with van der Waals surface area (Å²) in [7, 11) is -2.54. The van der Waals surface area contributed by atoms with Crippen LogP contribution in [0.5, 0.6) is 0 Å². The van der Waals surface area contributed by atoms with Crippen molar-refractivity contribution in [2.24, 2.45) is 4.36 Å². The summed E-state index contributed by atoms with van der Waals surface area (Å²) in [5, 5.41) is 0. The molecule has 0 fully saturated rings. The van der Waals surface area contributed by atoms with Crippen molar-refractivity contribution in [2.45, 2.75) is 44.6 Å². The van der Waals surface area contributed by atoms with Crippen molar-refractivity contribution in [3.63, 3.8) is 0 Å². The van der Waals surface area contributed by atoms with Gasteiger partial charge in [0.1, 0.15) is 9.92 Å². The first kappa shape index (κ1) is 15.0. The van der Waals surface area contributed by atoms with Gasteiger partial charge in [-0.3, -0.25) is 0 Å². The Hall–Kier alpha value is -1.07. The second-order valence-corrected chi connectivity index (χ2v) is 6.39. The molecule has 1 rings (SSSR count). The summed E-state index contributed by atoms with van der Waals surface area (Å²) in [4.78, 5) is 0.699. The second kappa shape index (κ2) is 6.75. The minimum atomic E-state index is -2.54. The average Bonchev–Trinajstić information content (AvgIpc) is 2.37. The predicted molar refractivity (Wildman–Crippen MR) is 77.7 cm³/mol. The lowest BCUT2D eigenvalue weighted by Gasteiger charge is -2.17. The van der Waals surface area contributed by atoms with Crippen LogP contribution in [0, 0.1) is 0 Å². The molecule has 1 aromatic rings. The van der Waals surface area contributed by atoms with E-state index < -0.39 is 9.92 Å². The summed E-state index contributed by atoms with van der Waals surface area (Å²) >= 11 is 0. The normalized spacial score (nSPS) is 15.9. The summed E-state index contributed by atoms with van der Waals surface area (Å²) in [5.41, 5.74) is 6.32. The van der Waals surface area contributed by atoms with E-state index in [0.29, 0.717) is 17.1 Å². The van der Waals surface area contributed by atoms with Crippen LogP contribution in [-0.4, -0.2) is 16.8 Å². The number of nitrogens with one attached hydrogen (secondary N) is 1. The maximum absolute atomic E-state index is 12.9. The quantitative estimate of drug-likeness (QED) is 0.780. The molecular formula is C13H23N3OS. The fourth-order valence-corrected chi connectivity index (χ4v) is 3.42. The molecule has 4 nitrogen and oxygen atoms in total. The summed E-state index contributed by atoms with van der Waals surface area (Å²) in [5.74, 6) is 0. The molecule has 0 saturated heterocycles. The number of nitrogens with two attached hydrogens (primary N) is 1. The first-order valence-electron chi connectivity index (χ1n) is 6.37. The Labute approximate surface area is 110 Å². The molecule has 0 aliphatic heterocycles. The zero-order valence-corrected chi connectivity index (χ0v) is 12.2. The molecule has 18 heavy (non-hydrogen) atoms. The number of hydrogen-bond acceptors (Lipinski definition) is 3. The average molecular weight is 269 g/mol. The lowest BCUT2D eigenvalue weighted by molar-refractivity contribution is 0.615. The van der Waals surface area contributed by atoms with Crippen LogP contribution >= 0.6 is 0 Å². The largest absolute Gasteiger partial charge is 0.399 e. The molecule has 0 radical (unpaired) electrons. The predicted octanol–water partition coefficient (Wildman–Crippen LogP) is 2.81. The van der Waals surface area contributed by atoms with E-state index in [-0.39, 0.29) is 6.04 Å². The van der Waals surface area contributed by atoms with Gasteiger partial charge in [-0.2, -0.15) is 0 Å². The zero-order chi connectivity index (χ0) is 13.6. The van der Waals surface area contributed by atoms with E-state index >= 15 is 0 Å². The van der Waals surface area contributed by atoms with Crippen molar-refractivity contribution >= 4 is 15.6 Å². The van der Waals surface area contributed by atoms with Gasteiger partial charge in [0.25, 0.3) is 0 Å². The number of anilines is 1. The van der Waals surface area contributed by atoms with E-state index in [1.807, 2.05) is 13.8 Å². The van der Waals surface area contributed by atoms with Crippen molar-refractivity contribution in [1.82, 2.24) is 4.72 Å². The van der Waals surface area contributed by atoms with Gasteiger partial charge in [-0.15, -0.1) is 0 Å². The molecular weight excluding hydrogens is 246 g/mol. The lowest BCUT2D eigenvalue weighted by Crippen LogP contribution is -2.32. The third-order valence-corrected chi connectivity index (χ3v) is 4.85. The van der Waals surface area contributed by atoms with E-state index in [1.54, 1.807) is 24.3 Å². The molecule has 0 amide bonds.